The highest BCUT2D eigenvalue weighted by Gasteiger charge is 2.25. The first-order valence-electron chi connectivity index (χ1n) is 9.20. The van der Waals surface area contributed by atoms with Crippen LogP contribution in [0.2, 0.25) is 0 Å². The summed E-state index contributed by atoms with van der Waals surface area (Å²) in [4.78, 5) is 12.5. The van der Waals surface area contributed by atoms with Crippen molar-refractivity contribution in [1.29, 1.82) is 0 Å². The number of hydrogen-bond acceptors (Lipinski definition) is 6. The van der Waals surface area contributed by atoms with Gasteiger partial charge in [-0.25, -0.2) is 0 Å². The zero-order chi connectivity index (χ0) is 18.4. The number of rotatable bonds is 7. The van der Waals surface area contributed by atoms with Gasteiger partial charge in [-0.3, -0.25) is 4.79 Å². The first kappa shape index (κ1) is 19.2. The molecule has 1 aromatic carbocycles. The molecule has 3 rings (SSSR count). The van der Waals surface area contributed by atoms with Crippen LogP contribution in [0.15, 0.2) is 34.7 Å². The molecule has 140 valence electrons. The van der Waals surface area contributed by atoms with E-state index in [1.807, 2.05) is 25.1 Å². The molecule has 2 N–H and O–H groups in total. The third kappa shape index (κ3) is 5.45. The molecule has 1 aliphatic rings. The highest BCUT2D eigenvalue weighted by atomic mass is 32.2. The second kappa shape index (κ2) is 9.37. The second-order valence-electron chi connectivity index (χ2n) is 6.85. The molecule has 1 heterocycles. The van der Waals surface area contributed by atoms with Crippen LogP contribution < -0.4 is 10.6 Å². The largest absolute Gasteiger partial charge is 0.356 e. The van der Waals surface area contributed by atoms with Crippen molar-refractivity contribution in [2.75, 3.05) is 5.32 Å². The van der Waals surface area contributed by atoms with Gasteiger partial charge in [0.25, 0.3) is 0 Å². The van der Waals surface area contributed by atoms with E-state index in [9.17, 15) is 4.79 Å². The summed E-state index contributed by atoms with van der Waals surface area (Å²) in [6.45, 7) is 4.89. The fourth-order valence-electron chi connectivity index (χ4n) is 3.14. The van der Waals surface area contributed by atoms with Gasteiger partial charge in [0.2, 0.25) is 11.0 Å². The lowest BCUT2D eigenvalue weighted by molar-refractivity contribution is -0.121. The molecule has 0 spiro atoms. The van der Waals surface area contributed by atoms with Crippen LogP contribution in [-0.2, 0) is 11.3 Å². The Morgan fingerprint density at radius 3 is 2.81 bits per heavy atom. The maximum atomic E-state index is 12.5. The van der Waals surface area contributed by atoms with Crippen molar-refractivity contribution in [3.8, 4) is 0 Å². The zero-order valence-corrected chi connectivity index (χ0v) is 16.9. The second-order valence-corrected chi connectivity index (χ2v) is 9.41. The van der Waals surface area contributed by atoms with Crippen molar-refractivity contribution in [1.82, 2.24) is 15.5 Å². The highest BCUT2D eigenvalue weighted by Crippen LogP contribution is 2.30. The van der Waals surface area contributed by atoms with Gasteiger partial charge >= 0.3 is 0 Å². The first-order chi connectivity index (χ1) is 12.6. The van der Waals surface area contributed by atoms with Gasteiger partial charge in [0.05, 0.1) is 5.25 Å². The maximum absolute atomic E-state index is 12.5. The molecule has 0 saturated heterocycles. The Labute approximate surface area is 163 Å². The van der Waals surface area contributed by atoms with Gasteiger partial charge in [0, 0.05) is 12.6 Å². The Kier molecular flexibility index (Phi) is 6.91. The number of carbonyl (C=O) groups excluding carboxylic acids is 1. The number of nitrogens with zero attached hydrogens (tertiary/aromatic N) is 2. The molecule has 0 radical (unpaired) electrons. The molecule has 26 heavy (non-hydrogen) atoms. The van der Waals surface area contributed by atoms with Gasteiger partial charge in [0.15, 0.2) is 4.34 Å². The van der Waals surface area contributed by atoms with E-state index in [2.05, 4.69) is 39.9 Å². The Hall–Kier alpha value is -1.60. The third-order valence-electron chi connectivity index (χ3n) is 4.78. The predicted molar refractivity (Wildman–Crippen MR) is 109 cm³/mol. The minimum Gasteiger partial charge on any atom is -0.356 e. The summed E-state index contributed by atoms with van der Waals surface area (Å²) in [5.74, 6) is 0.669. The zero-order valence-electron chi connectivity index (χ0n) is 15.3. The normalized spacial score (nSPS) is 21.2. The molecular formula is C19H26N4OS2. The molecule has 2 aromatic rings. The number of carbonyl (C=O) groups is 1. The van der Waals surface area contributed by atoms with Crippen molar-refractivity contribution < 1.29 is 4.79 Å². The number of hydrogen-bond donors (Lipinski definition) is 2. The summed E-state index contributed by atoms with van der Waals surface area (Å²) in [7, 11) is 0. The first-order valence-corrected chi connectivity index (χ1v) is 10.9. The van der Waals surface area contributed by atoms with Crippen LogP contribution in [0.3, 0.4) is 0 Å². The molecule has 7 heteroatoms. The smallest absolute Gasteiger partial charge is 0.233 e. The van der Waals surface area contributed by atoms with Crippen LogP contribution in [0.5, 0.6) is 0 Å². The summed E-state index contributed by atoms with van der Waals surface area (Å²) in [5, 5.41) is 15.5. The summed E-state index contributed by atoms with van der Waals surface area (Å²) < 4.78 is 0.819. The summed E-state index contributed by atoms with van der Waals surface area (Å²) in [5.41, 5.74) is 1.20. The van der Waals surface area contributed by atoms with Crippen LogP contribution in [0.1, 0.15) is 45.1 Å². The standard InChI is InChI=1S/C19H26N4OS2/c1-13-8-6-7-11-16(13)21-17(24)14(2)25-19-23-22-18(26-19)20-12-15-9-4-3-5-10-15/h3-5,9-10,13-14,16H,6-8,11-12H2,1-2H3,(H,20,22)(H,21,24). The van der Waals surface area contributed by atoms with Gasteiger partial charge in [0.1, 0.15) is 0 Å². The Bertz CT molecular complexity index is 707. The fourth-order valence-corrected chi connectivity index (χ4v) is 5.04. The van der Waals surface area contributed by atoms with E-state index >= 15 is 0 Å². The molecule has 0 aliphatic heterocycles. The molecule has 3 unspecified atom stereocenters. The lowest BCUT2D eigenvalue weighted by Crippen LogP contribution is -2.44. The number of anilines is 1. The van der Waals surface area contributed by atoms with Crippen molar-refractivity contribution in [2.24, 2.45) is 5.92 Å². The van der Waals surface area contributed by atoms with Crippen molar-refractivity contribution in [3.63, 3.8) is 0 Å². The van der Waals surface area contributed by atoms with Crippen LogP contribution in [0.4, 0.5) is 5.13 Å². The van der Waals surface area contributed by atoms with E-state index in [1.165, 1.54) is 47.9 Å². The number of nitrogens with one attached hydrogen (secondary N) is 2. The van der Waals surface area contributed by atoms with Gasteiger partial charge in [-0.05, 0) is 31.2 Å². The molecule has 1 aromatic heterocycles. The minimum absolute atomic E-state index is 0.0998. The molecule has 3 atom stereocenters. The quantitative estimate of drug-likeness (QED) is 0.689. The van der Waals surface area contributed by atoms with Gasteiger partial charge in [-0.2, -0.15) is 0 Å². The van der Waals surface area contributed by atoms with Crippen molar-refractivity contribution >= 4 is 34.1 Å². The minimum atomic E-state index is -0.168. The van der Waals surface area contributed by atoms with Crippen LogP contribution in [0, 0.1) is 5.92 Å². The van der Waals surface area contributed by atoms with Crippen molar-refractivity contribution in [2.45, 2.75) is 61.7 Å². The third-order valence-corrected chi connectivity index (χ3v) is 6.84. The molecular weight excluding hydrogens is 364 g/mol. The molecule has 1 aliphatic carbocycles. The van der Waals surface area contributed by atoms with Crippen LogP contribution in [-0.4, -0.2) is 27.4 Å². The lowest BCUT2D eigenvalue weighted by atomic mass is 9.86. The topological polar surface area (TPSA) is 66.9 Å². The van der Waals surface area contributed by atoms with Gasteiger partial charge in [-0.1, -0.05) is 73.2 Å². The number of amides is 1. The summed E-state index contributed by atoms with van der Waals surface area (Å²) in [6, 6.07) is 10.5. The average molecular weight is 391 g/mol. The SMILES string of the molecule is CC(Sc1nnc(NCc2ccccc2)s1)C(=O)NC1CCCCC1C. The van der Waals surface area contributed by atoms with Gasteiger partial charge in [-0.15, -0.1) is 10.2 Å². The van der Waals surface area contributed by atoms with Crippen LogP contribution in [0.25, 0.3) is 0 Å². The van der Waals surface area contributed by atoms with Crippen LogP contribution >= 0.6 is 23.1 Å². The Balaban J connectivity index is 1.47. The van der Waals surface area contributed by atoms with Crippen molar-refractivity contribution in [3.05, 3.63) is 35.9 Å². The number of benzene rings is 1. The predicted octanol–water partition coefficient (Wildman–Crippen LogP) is 4.33. The summed E-state index contributed by atoms with van der Waals surface area (Å²) in [6.07, 6.45) is 4.79. The molecule has 1 saturated carbocycles. The Morgan fingerprint density at radius 2 is 2.04 bits per heavy atom. The lowest BCUT2D eigenvalue weighted by Gasteiger charge is -2.30. The molecule has 1 amide bonds. The van der Waals surface area contributed by atoms with E-state index in [1.54, 1.807) is 0 Å². The van der Waals surface area contributed by atoms with E-state index < -0.39 is 0 Å². The fraction of sp³-hybridized carbons (Fsp3) is 0.526. The monoisotopic (exact) mass is 390 g/mol. The number of aromatic nitrogens is 2. The average Bonchev–Trinajstić information content (AvgIpc) is 3.10. The maximum Gasteiger partial charge on any atom is 0.233 e. The molecule has 5 nitrogen and oxygen atoms in total. The van der Waals surface area contributed by atoms with E-state index in [0.29, 0.717) is 12.0 Å². The van der Waals surface area contributed by atoms with Gasteiger partial charge < -0.3 is 10.6 Å². The number of thioether (sulfide) groups is 1. The Morgan fingerprint density at radius 1 is 1.27 bits per heavy atom. The molecule has 1 fully saturated rings. The van der Waals surface area contributed by atoms with E-state index in [0.717, 1.165) is 22.4 Å². The van der Waals surface area contributed by atoms with E-state index in [-0.39, 0.29) is 11.2 Å². The highest BCUT2D eigenvalue weighted by molar-refractivity contribution is 8.02. The van der Waals surface area contributed by atoms with E-state index in [4.69, 9.17) is 0 Å². The molecule has 0 bridgehead atoms. The summed E-state index contributed by atoms with van der Waals surface area (Å²) >= 11 is 2.97.